The van der Waals surface area contributed by atoms with Gasteiger partial charge in [-0.3, -0.25) is 13.9 Å². The zero-order chi connectivity index (χ0) is 36.2. The third-order valence-corrected chi connectivity index (χ3v) is 11.6. The van der Waals surface area contributed by atoms with E-state index in [-0.39, 0.29) is 48.0 Å². The molecule has 1 aliphatic heterocycles. The minimum absolute atomic E-state index is 0.0898. The van der Waals surface area contributed by atoms with Crippen LogP contribution < -0.4 is 5.32 Å². The molecular formula is C35H50FN6O6P. The number of hydrogen-bond acceptors (Lipinski definition) is 9. The van der Waals surface area contributed by atoms with Crippen LogP contribution in [-0.2, 0) is 29.7 Å². The van der Waals surface area contributed by atoms with Crippen molar-refractivity contribution in [3.05, 3.63) is 48.3 Å². The summed E-state index contributed by atoms with van der Waals surface area (Å²) in [6.07, 6.45) is 7.53. The molecule has 1 unspecified atom stereocenters. The molecule has 4 rings (SSSR count). The monoisotopic (exact) mass is 700 g/mol. The third-order valence-electron chi connectivity index (χ3n) is 9.51. The van der Waals surface area contributed by atoms with Gasteiger partial charge in [0.2, 0.25) is 0 Å². The van der Waals surface area contributed by atoms with Crippen molar-refractivity contribution >= 4 is 30.5 Å². The number of methoxy groups -OCH3 is 1. The molecule has 49 heavy (non-hydrogen) atoms. The second-order valence-electron chi connectivity index (χ2n) is 14.3. The van der Waals surface area contributed by atoms with Crippen LogP contribution in [0, 0.1) is 29.3 Å². The lowest BCUT2D eigenvalue weighted by Crippen LogP contribution is -2.52. The van der Waals surface area contributed by atoms with E-state index in [1.165, 1.54) is 29.6 Å². The van der Waals surface area contributed by atoms with E-state index < -0.39 is 43.5 Å². The van der Waals surface area contributed by atoms with Crippen molar-refractivity contribution < 1.29 is 32.9 Å². The number of fused-ring (bicyclic) bond motifs is 1. The summed E-state index contributed by atoms with van der Waals surface area (Å²) in [5.74, 6) is 2.22. The number of imidazole rings is 1. The summed E-state index contributed by atoms with van der Waals surface area (Å²) in [7, 11) is -1.26. The molecule has 1 aliphatic rings. The van der Waals surface area contributed by atoms with E-state index in [0.29, 0.717) is 17.5 Å². The van der Waals surface area contributed by atoms with Gasteiger partial charge in [0.1, 0.15) is 18.4 Å². The molecule has 0 amide bonds. The van der Waals surface area contributed by atoms with Gasteiger partial charge in [0.25, 0.3) is 7.52 Å². The lowest BCUT2D eigenvalue weighted by atomic mass is 9.72. The molecule has 5 atom stereocenters. The summed E-state index contributed by atoms with van der Waals surface area (Å²) in [6.45, 7) is 12.2. The van der Waals surface area contributed by atoms with Crippen LogP contribution in [-0.4, -0.2) is 80.1 Å². The fourth-order valence-corrected chi connectivity index (χ4v) is 8.57. The van der Waals surface area contributed by atoms with E-state index in [1.807, 2.05) is 6.07 Å². The second kappa shape index (κ2) is 15.2. The molecule has 0 saturated carbocycles. The summed E-state index contributed by atoms with van der Waals surface area (Å²) in [6, 6.07) is 7.67. The van der Waals surface area contributed by atoms with Crippen molar-refractivity contribution in [2.45, 2.75) is 97.4 Å². The summed E-state index contributed by atoms with van der Waals surface area (Å²) >= 11 is 0. The molecule has 2 aromatic heterocycles. The van der Waals surface area contributed by atoms with Crippen LogP contribution in [0.2, 0.25) is 0 Å². The number of nitrogens with zero attached hydrogens (tertiary/aromatic N) is 5. The van der Waals surface area contributed by atoms with Gasteiger partial charge >= 0.3 is 12.0 Å². The Labute approximate surface area is 288 Å². The molecule has 0 bridgehead atoms. The Balaban J connectivity index is 1.63. The van der Waals surface area contributed by atoms with E-state index in [1.54, 1.807) is 31.3 Å². The first-order valence-corrected chi connectivity index (χ1v) is 18.4. The van der Waals surface area contributed by atoms with Crippen LogP contribution >= 0.6 is 7.52 Å². The van der Waals surface area contributed by atoms with Gasteiger partial charge in [-0.2, -0.15) is 14.4 Å². The smallest absolute Gasteiger partial charge is 0.323 e. The first kappa shape index (κ1) is 38.4. The van der Waals surface area contributed by atoms with E-state index in [9.17, 15) is 18.6 Å². The first-order valence-electron chi connectivity index (χ1n) is 16.6. The molecule has 14 heteroatoms. The minimum atomic E-state index is -4.31. The van der Waals surface area contributed by atoms with E-state index in [2.05, 4.69) is 60.8 Å². The quantitative estimate of drug-likeness (QED) is 0.0767. The topological polar surface area (TPSA) is 141 Å². The fraction of sp³-hybridized carbons (Fsp3) is 0.600. The van der Waals surface area contributed by atoms with Gasteiger partial charge in [0, 0.05) is 20.6 Å². The Morgan fingerprint density at radius 1 is 1.29 bits per heavy atom. The number of aromatic nitrogens is 4. The maximum absolute atomic E-state index is 14.4. The number of terminal acetylenes is 1. The molecule has 1 fully saturated rings. The largest absolute Gasteiger partial charge is 0.464 e. The lowest BCUT2D eigenvalue weighted by molar-refractivity contribution is -0.150. The number of nitrogens with one attached hydrogen (secondary N) is 1. The Morgan fingerprint density at radius 3 is 2.59 bits per heavy atom. The Kier molecular flexibility index (Phi) is 11.9. The van der Waals surface area contributed by atoms with Crippen molar-refractivity contribution in [3.63, 3.8) is 0 Å². The third kappa shape index (κ3) is 8.86. The number of carbonyl (C=O) groups is 1. The zero-order valence-electron chi connectivity index (χ0n) is 29.8. The molecule has 0 aliphatic carbocycles. The number of esters is 1. The highest BCUT2D eigenvalue weighted by Crippen LogP contribution is 2.53. The summed E-state index contributed by atoms with van der Waals surface area (Å²) < 4.78 is 49.5. The molecular weight excluding hydrogens is 650 g/mol. The van der Waals surface area contributed by atoms with E-state index >= 15 is 0 Å². The summed E-state index contributed by atoms with van der Waals surface area (Å²) in [4.78, 5) is 37.4. The van der Waals surface area contributed by atoms with Crippen LogP contribution in [0.3, 0.4) is 0 Å². The number of carbonyl (C=O) groups excluding carboxylic acids is 1. The molecule has 12 nitrogen and oxygen atoms in total. The lowest BCUT2D eigenvalue weighted by Gasteiger charge is -2.38. The van der Waals surface area contributed by atoms with Crippen molar-refractivity contribution in [3.8, 4) is 12.3 Å². The molecule has 0 spiro atoms. The van der Waals surface area contributed by atoms with Crippen molar-refractivity contribution in [1.82, 2.24) is 24.2 Å². The van der Waals surface area contributed by atoms with Gasteiger partial charge in [-0.05, 0) is 36.2 Å². The SMILES string of the molecule is C#C[C@]1(CN([C@@H](C)C(=O)OCCC(C)(C)CC(C)(C)CC)P(=O)(O)Cc2ccccc2)O[C@@H](n2cnc3c(NC)nc(F)nc32)C[C@@H]1OC. The number of halogens is 1. The predicted molar refractivity (Wildman–Crippen MR) is 186 cm³/mol. The Bertz CT molecular complexity index is 1690. The standard InChI is InChI=1S/C35H50FN6O6P/c1-10-33(4,5)21-34(6,7)17-18-47-31(43)24(3)42(49(44,45)20-25-15-13-12-14-16-25)22-35(11-2)26(46-9)19-27(48-35)41-23-38-28-29(37-8)39-32(36)40-30(28)41/h2,12-16,23-24,26-27H,10,17-22H2,1,3-9H3,(H,44,45)(H,37,39,40)/t24-,26-,27+,35+/m0/s1. The first-order chi connectivity index (χ1) is 23.0. The molecule has 268 valence electrons. The van der Waals surface area contributed by atoms with Crippen LogP contribution in [0.15, 0.2) is 36.7 Å². The highest BCUT2D eigenvalue weighted by Gasteiger charge is 2.53. The van der Waals surface area contributed by atoms with E-state index in [4.69, 9.17) is 20.6 Å². The molecule has 3 heterocycles. The number of anilines is 1. The van der Waals surface area contributed by atoms with Gasteiger partial charge < -0.3 is 24.4 Å². The van der Waals surface area contributed by atoms with E-state index in [0.717, 1.165) is 12.8 Å². The van der Waals surface area contributed by atoms with Gasteiger partial charge in [-0.15, -0.1) is 6.42 Å². The Morgan fingerprint density at radius 2 is 1.98 bits per heavy atom. The molecule has 2 N–H and O–H groups in total. The summed E-state index contributed by atoms with van der Waals surface area (Å²) in [5, 5.41) is 2.81. The fourth-order valence-electron chi connectivity index (χ4n) is 6.63. The maximum atomic E-state index is 14.4. The molecule has 1 aromatic carbocycles. The highest BCUT2D eigenvalue weighted by molar-refractivity contribution is 7.54. The molecule has 0 radical (unpaired) electrons. The number of benzene rings is 1. The minimum Gasteiger partial charge on any atom is -0.464 e. The van der Waals surface area contributed by atoms with Crippen LogP contribution in [0.25, 0.3) is 11.2 Å². The normalized spacial score (nSPS) is 21.8. The van der Waals surface area contributed by atoms with Crippen LogP contribution in [0.4, 0.5) is 10.2 Å². The number of hydrogen-bond donors (Lipinski definition) is 2. The van der Waals surface area contributed by atoms with Crippen LogP contribution in [0.5, 0.6) is 0 Å². The van der Waals surface area contributed by atoms with Crippen LogP contribution in [0.1, 0.15) is 79.0 Å². The van der Waals surface area contributed by atoms with Crippen molar-refractivity contribution in [2.24, 2.45) is 10.8 Å². The predicted octanol–water partition coefficient (Wildman–Crippen LogP) is 6.17. The average molecular weight is 701 g/mol. The second-order valence-corrected chi connectivity index (χ2v) is 16.5. The summed E-state index contributed by atoms with van der Waals surface area (Å²) in [5.41, 5.74) is -0.465. The van der Waals surface area contributed by atoms with Gasteiger partial charge in [0.05, 0.1) is 25.6 Å². The maximum Gasteiger partial charge on any atom is 0.323 e. The Hall–Kier alpha value is -3.40. The molecule has 1 saturated heterocycles. The van der Waals surface area contributed by atoms with Gasteiger partial charge in [-0.1, -0.05) is 77.3 Å². The van der Waals surface area contributed by atoms with Gasteiger partial charge in [0.15, 0.2) is 22.6 Å². The zero-order valence-corrected chi connectivity index (χ0v) is 30.7. The number of rotatable bonds is 16. The average Bonchev–Trinajstić information content (AvgIpc) is 3.64. The molecule has 3 aromatic rings. The van der Waals surface area contributed by atoms with Crippen molar-refractivity contribution in [2.75, 3.05) is 32.6 Å². The van der Waals surface area contributed by atoms with Gasteiger partial charge in [-0.25, -0.2) is 9.65 Å². The highest BCUT2D eigenvalue weighted by atomic mass is 31.2. The number of ether oxygens (including phenoxy) is 3. The van der Waals surface area contributed by atoms with Crippen molar-refractivity contribution in [1.29, 1.82) is 0 Å².